The number of hydrogen-bond acceptors (Lipinski definition) is 4. The van der Waals surface area contributed by atoms with Crippen molar-refractivity contribution in [3.05, 3.63) is 31.0 Å². The predicted octanol–water partition coefficient (Wildman–Crippen LogP) is 1.59. The van der Waals surface area contributed by atoms with Gasteiger partial charge in [0, 0.05) is 13.0 Å². The Morgan fingerprint density at radius 2 is 2.41 bits per heavy atom. The number of nitrogens with one attached hydrogen (secondary N) is 1. The molecule has 5 nitrogen and oxygen atoms in total. The fourth-order valence-electron chi connectivity index (χ4n) is 1.20. The molecule has 0 aliphatic heterocycles. The van der Waals surface area contributed by atoms with Crippen LogP contribution in [0.3, 0.4) is 0 Å². The third kappa shape index (κ3) is 5.67. The lowest BCUT2D eigenvalue weighted by atomic mass is 10.3. The molecule has 1 aromatic heterocycles. The Hall–Kier alpha value is -1.88. The van der Waals surface area contributed by atoms with Crippen molar-refractivity contribution in [3.63, 3.8) is 0 Å². The number of amides is 1. The molecule has 0 bridgehead atoms. The lowest BCUT2D eigenvalue weighted by Crippen LogP contribution is -2.12. The van der Waals surface area contributed by atoms with Gasteiger partial charge in [-0.05, 0) is 18.6 Å². The molecule has 0 radical (unpaired) electrons. The number of hydrogen-bond donors (Lipinski definition) is 2. The average Bonchev–Trinajstić information content (AvgIpc) is 2.32. The maximum absolute atomic E-state index is 11.5. The second-order valence-electron chi connectivity index (χ2n) is 3.49. The number of carbonyl (C=O) groups excluding carboxylic acids is 1. The molecule has 0 atom stereocenters. The summed E-state index contributed by atoms with van der Waals surface area (Å²) in [5, 5.41) is 2.73. The van der Waals surface area contributed by atoms with Gasteiger partial charge in [-0.15, -0.1) is 6.58 Å². The molecular weight excluding hydrogens is 218 g/mol. The molecule has 17 heavy (non-hydrogen) atoms. The van der Waals surface area contributed by atoms with Gasteiger partial charge in [-0.25, -0.2) is 4.98 Å². The third-order valence-corrected chi connectivity index (χ3v) is 2.00. The summed E-state index contributed by atoms with van der Waals surface area (Å²) in [6, 6.07) is 3.36. The smallest absolute Gasteiger partial charge is 0.224 e. The Labute approximate surface area is 101 Å². The van der Waals surface area contributed by atoms with Gasteiger partial charge in [0.15, 0.2) is 0 Å². The van der Waals surface area contributed by atoms with E-state index in [0.29, 0.717) is 37.6 Å². The Kier molecular flexibility index (Phi) is 5.74. The molecule has 1 aromatic rings. The summed E-state index contributed by atoms with van der Waals surface area (Å²) in [6.07, 6.45) is 4.31. The van der Waals surface area contributed by atoms with Gasteiger partial charge in [-0.2, -0.15) is 0 Å². The fraction of sp³-hybridized carbons (Fsp3) is 0.333. The van der Waals surface area contributed by atoms with E-state index in [1.54, 1.807) is 18.2 Å². The first-order valence-corrected chi connectivity index (χ1v) is 5.42. The van der Waals surface area contributed by atoms with Crippen LogP contribution in [0.4, 0.5) is 11.5 Å². The van der Waals surface area contributed by atoms with Crippen molar-refractivity contribution in [2.75, 3.05) is 24.3 Å². The van der Waals surface area contributed by atoms with E-state index in [2.05, 4.69) is 16.9 Å². The Balaban J connectivity index is 2.20. The number of nitrogen functional groups attached to an aromatic ring is 1. The molecule has 3 N–H and O–H groups in total. The van der Waals surface area contributed by atoms with Crippen molar-refractivity contribution >= 4 is 17.4 Å². The van der Waals surface area contributed by atoms with Crippen LogP contribution in [0, 0.1) is 0 Å². The molecular formula is C12H17N3O2. The molecule has 1 rings (SSSR count). The summed E-state index contributed by atoms with van der Waals surface area (Å²) in [7, 11) is 0. The van der Waals surface area contributed by atoms with Crippen LogP contribution in [-0.2, 0) is 9.53 Å². The zero-order chi connectivity index (χ0) is 12.5. The first kappa shape index (κ1) is 13.2. The molecule has 0 unspecified atom stereocenters. The van der Waals surface area contributed by atoms with E-state index in [4.69, 9.17) is 10.5 Å². The number of pyridine rings is 1. The van der Waals surface area contributed by atoms with Crippen molar-refractivity contribution in [1.29, 1.82) is 0 Å². The summed E-state index contributed by atoms with van der Waals surface area (Å²) < 4.78 is 5.17. The van der Waals surface area contributed by atoms with E-state index >= 15 is 0 Å². The van der Waals surface area contributed by atoms with E-state index in [0.717, 1.165) is 0 Å². The Morgan fingerprint density at radius 3 is 3.06 bits per heavy atom. The minimum Gasteiger partial charge on any atom is -0.384 e. The zero-order valence-electron chi connectivity index (χ0n) is 9.69. The van der Waals surface area contributed by atoms with Gasteiger partial charge in [0.05, 0.1) is 18.5 Å². The molecule has 5 heteroatoms. The van der Waals surface area contributed by atoms with Crippen LogP contribution < -0.4 is 11.1 Å². The highest BCUT2D eigenvalue weighted by Gasteiger charge is 2.02. The van der Waals surface area contributed by atoms with Gasteiger partial charge in [0.25, 0.3) is 0 Å². The molecule has 1 amide bonds. The number of nitrogens with zero attached hydrogens (tertiary/aromatic N) is 1. The SMILES string of the molecule is C=CCOCCCC(=O)Nc1ccc(N)nc1. The standard InChI is InChI=1S/C12H17N3O2/c1-2-7-17-8-3-4-12(16)15-10-5-6-11(13)14-9-10/h2,5-6,9H,1,3-4,7-8H2,(H2,13,14)(H,15,16). The van der Waals surface area contributed by atoms with Gasteiger partial charge in [-0.1, -0.05) is 6.08 Å². The molecule has 0 aromatic carbocycles. The number of aromatic nitrogens is 1. The number of rotatable bonds is 7. The van der Waals surface area contributed by atoms with E-state index in [1.807, 2.05) is 0 Å². The van der Waals surface area contributed by atoms with Crippen LogP contribution in [0.5, 0.6) is 0 Å². The Bertz CT molecular complexity index is 363. The molecule has 92 valence electrons. The quantitative estimate of drug-likeness (QED) is 0.555. The lowest BCUT2D eigenvalue weighted by molar-refractivity contribution is -0.116. The highest BCUT2D eigenvalue weighted by Crippen LogP contribution is 2.07. The van der Waals surface area contributed by atoms with Crippen molar-refractivity contribution in [3.8, 4) is 0 Å². The number of nitrogens with two attached hydrogens (primary N) is 1. The van der Waals surface area contributed by atoms with Crippen molar-refractivity contribution in [1.82, 2.24) is 4.98 Å². The summed E-state index contributed by atoms with van der Waals surface area (Å²) in [4.78, 5) is 15.4. The fourth-order valence-corrected chi connectivity index (χ4v) is 1.20. The van der Waals surface area contributed by atoms with Crippen LogP contribution in [-0.4, -0.2) is 24.1 Å². The maximum atomic E-state index is 11.5. The molecule has 0 aliphatic rings. The number of ether oxygens (including phenoxy) is 1. The maximum Gasteiger partial charge on any atom is 0.224 e. The second kappa shape index (κ2) is 7.40. The van der Waals surface area contributed by atoms with Crippen molar-refractivity contribution in [2.45, 2.75) is 12.8 Å². The summed E-state index contributed by atoms with van der Waals surface area (Å²) in [5.41, 5.74) is 6.09. The predicted molar refractivity (Wildman–Crippen MR) is 67.5 cm³/mol. The molecule has 0 aliphatic carbocycles. The minimum absolute atomic E-state index is 0.0567. The van der Waals surface area contributed by atoms with Crippen molar-refractivity contribution in [2.24, 2.45) is 0 Å². The van der Waals surface area contributed by atoms with Gasteiger partial charge >= 0.3 is 0 Å². The van der Waals surface area contributed by atoms with Gasteiger partial charge in [-0.3, -0.25) is 4.79 Å². The second-order valence-corrected chi connectivity index (χ2v) is 3.49. The van der Waals surface area contributed by atoms with E-state index in [9.17, 15) is 4.79 Å². The van der Waals surface area contributed by atoms with E-state index < -0.39 is 0 Å². The molecule has 0 saturated carbocycles. The molecule has 0 spiro atoms. The molecule has 0 saturated heterocycles. The summed E-state index contributed by atoms with van der Waals surface area (Å²) >= 11 is 0. The van der Waals surface area contributed by atoms with Crippen LogP contribution in [0.1, 0.15) is 12.8 Å². The normalized spacial score (nSPS) is 9.88. The molecule has 1 heterocycles. The first-order chi connectivity index (χ1) is 8.22. The topological polar surface area (TPSA) is 77.2 Å². The van der Waals surface area contributed by atoms with Crippen LogP contribution in [0.25, 0.3) is 0 Å². The average molecular weight is 235 g/mol. The summed E-state index contributed by atoms with van der Waals surface area (Å²) in [5.74, 6) is 0.375. The van der Waals surface area contributed by atoms with Gasteiger partial charge < -0.3 is 15.8 Å². The molecule has 0 fully saturated rings. The van der Waals surface area contributed by atoms with Crippen LogP contribution in [0.15, 0.2) is 31.0 Å². The Morgan fingerprint density at radius 1 is 1.59 bits per heavy atom. The van der Waals surface area contributed by atoms with E-state index in [-0.39, 0.29) is 5.91 Å². The minimum atomic E-state index is -0.0567. The van der Waals surface area contributed by atoms with Crippen LogP contribution in [0.2, 0.25) is 0 Å². The largest absolute Gasteiger partial charge is 0.384 e. The lowest BCUT2D eigenvalue weighted by Gasteiger charge is -2.05. The third-order valence-electron chi connectivity index (χ3n) is 2.00. The highest BCUT2D eigenvalue weighted by atomic mass is 16.5. The monoisotopic (exact) mass is 235 g/mol. The zero-order valence-corrected chi connectivity index (χ0v) is 9.69. The van der Waals surface area contributed by atoms with Gasteiger partial charge in [0.1, 0.15) is 5.82 Å². The van der Waals surface area contributed by atoms with Crippen molar-refractivity contribution < 1.29 is 9.53 Å². The first-order valence-electron chi connectivity index (χ1n) is 5.42. The number of anilines is 2. The van der Waals surface area contributed by atoms with E-state index in [1.165, 1.54) is 6.20 Å². The number of carbonyl (C=O) groups is 1. The summed E-state index contributed by atoms with van der Waals surface area (Å²) in [6.45, 7) is 4.61. The highest BCUT2D eigenvalue weighted by molar-refractivity contribution is 5.90. The van der Waals surface area contributed by atoms with Gasteiger partial charge in [0.2, 0.25) is 5.91 Å². The van der Waals surface area contributed by atoms with Crippen LogP contribution >= 0.6 is 0 Å².